The maximum absolute atomic E-state index is 12.0. The monoisotopic (exact) mass is 327 g/mol. The van der Waals surface area contributed by atoms with Crippen molar-refractivity contribution in [2.24, 2.45) is 0 Å². The Morgan fingerprint density at radius 3 is 2.94 bits per heavy atom. The van der Waals surface area contributed by atoms with Crippen LogP contribution in [0.5, 0.6) is 0 Å². The van der Waals surface area contributed by atoms with Crippen molar-refractivity contribution in [2.75, 3.05) is 5.73 Å². The summed E-state index contributed by atoms with van der Waals surface area (Å²) >= 11 is 9.26. The second-order valence-electron chi connectivity index (χ2n) is 3.90. The lowest BCUT2D eigenvalue weighted by Crippen LogP contribution is -2.24. The Morgan fingerprint density at radius 2 is 2.22 bits per heavy atom. The molecule has 1 aromatic heterocycles. The lowest BCUT2D eigenvalue weighted by molar-refractivity contribution is 0.696. The Kier molecular flexibility index (Phi) is 3.73. The fraction of sp³-hybridized carbons (Fsp3) is 0.167. The zero-order chi connectivity index (χ0) is 13.3. The first kappa shape index (κ1) is 13.1. The maximum atomic E-state index is 12.0. The Labute approximate surface area is 118 Å². The summed E-state index contributed by atoms with van der Waals surface area (Å²) in [6, 6.07) is 5.20. The second kappa shape index (κ2) is 5.12. The van der Waals surface area contributed by atoms with Crippen LogP contribution in [0, 0.1) is 6.92 Å². The molecule has 0 amide bonds. The minimum Gasteiger partial charge on any atom is -0.399 e. The number of benzene rings is 1. The third-order valence-electron chi connectivity index (χ3n) is 2.60. The van der Waals surface area contributed by atoms with Gasteiger partial charge < -0.3 is 5.73 Å². The van der Waals surface area contributed by atoms with Gasteiger partial charge in [0, 0.05) is 16.9 Å². The number of nitrogen functional groups attached to an aromatic ring is 1. The third kappa shape index (κ3) is 2.57. The summed E-state index contributed by atoms with van der Waals surface area (Å²) in [5.41, 5.74) is 6.99. The molecule has 2 rings (SSSR count). The first-order chi connectivity index (χ1) is 8.49. The molecule has 1 aromatic carbocycles. The molecule has 94 valence electrons. The van der Waals surface area contributed by atoms with Crippen LogP contribution in [0.3, 0.4) is 0 Å². The summed E-state index contributed by atoms with van der Waals surface area (Å²) in [5, 5.41) is 0.579. The van der Waals surface area contributed by atoms with Crippen LogP contribution >= 0.6 is 27.5 Å². The first-order valence-electron chi connectivity index (χ1n) is 5.25. The predicted octanol–water partition coefficient (Wildman–Crippen LogP) is 2.60. The number of aryl methyl sites for hydroxylation is 1. The van der Waals surface area contributed by atoms with E-state index >= 15 is 0 Å². The Hall–Kier alpha value is -1.33. The zero-order valence-electron chi connectivity index (χ0n) is 9.65. The number of halogens is 2. The van der Waals surface area contributed by atoms with E-state index in [4.69, 9.17) is 17.3 Å². The molecule has 0 fully saturated rings. The van der Waals surface area contributed by atoms with E-state index in [2.05, 4.69) is 20.9 Å². The van der Waals surface area contributed by atoms with Crippen LogP contribution in [0.15, 0.2) is 33.7 Å². The summed E-state index contributed by atoms with van der Waals surface area (Å²) < 4.78 is 1.97. The first-order valence-corrected chi connectivity index (χ1v) is 6.42. The molecule has 6 heteroatoms. The largest absolute Gasteiger partial charge is 0.399 e. The number of nitrogens with two attached hydrogens (primary N) is 1. The van der Waals surface area contributed by atoms with Crippen LogP contribution in [0.1, 0.15) is 11.4 Å². The van der Waals surface area contributed by atoms with Crippen LogP contribution in [0.25, 0.3) is 0 Å². The topological polar surface area (TPSA) is 60.9 Å². The fourth-order valence-corrected chi connectivity index (χ4v) is 2.12. The van der Waals surface area contributed by atoms with Gasteiger partial charge in [0.05, 0.1) is 6.54 Å². The molecule has 0 aliphatic carbocycles. The molecule has 0 bridgehead atoms. The van der Waals surface area contributed by atoms with Crippen molar-refractivity contribution in [2.45, 2.75) is 13.5 Å². The molecule has 0 saturated carbocycles. The van der Waals surface area contributed by atoms with Crippen LogP contribution in [0.2, 0.25) is 5.02 Å². The van der Waals surface area contributed by atoms with Crippen LogP contribution in [0.4, 0.5) is 5.69 Å². The molecule has 0 unspecified atom stereocenters. The average Bonchev–Trinajstić information content (AvgIpc) is 2.34. The van der Waals surface area contributed by atoms with E-state index in [1.807, 2.05) is 0 Å². The number of nitrogens with zero attached hydrogens (tertiary/aromatic N) is 2. The van der Waals surface area contributed by atoms with Gasteiger partial charge >= 0.3 is 0 Å². The van der Waals surface area contributed by atoms with E-state index in [1.54, 1.807) is 29.7 Å². The minimum atomic E-state index is -0.138. The summed E-state index contributed by atoms with van der Waals surface area (Å²) in [4.78, 5) is 16.1. The minimum absolute atomic E-state index is 0.138. The molecular formula is C12H11BrClN3O. The van der Waals surface area contributed by atoms with E-state index in [1.165, 1.54) is 6.20 Å². The number of hydrogen-bond donors (Lipinski definition) is 1. The van der Waals surface area contributed by atoms with Gasteiger partial charge in [-0.2, -0.15) is 0 Å². The number of rotatable bonds is 2. The SMILES string of the molecule is Cc1ncc(Br)c(=O)n1Cc1cc(N)ccc1Cl. The van der Waals surface area contributed by atoms with Gasteiger partial charge in [-0.05, 0) is 46.6 Å². The second-order valence-corrected chi connectivity index (χ2v) is 5.16. The molecule has 0 radical (unpaired) electrons. The Balaban J connectivity index is 2.49. The van der Waals surface area contributed by atoms with Crippen molar-refractivity contribution in [3.05, 3.63) is 55.6 Å². The highest BCUT2D eigenvalue weighted by molar-refractivity contribution is 9.10. The van der Waals surface area contributed by atoms with E-state index in [-0.39, 0.29) is 5.56 Å². The lowest BCUT2D eigenvalue weighted by atomic mass is 10.2. The molecule has 4 nitrogen and oxygen atoms in total. The summed E-state index contributed by atoms with van der Waals surface area (Å²) in [6.07, 6.45) is 1.50. The summed E-state index contributed by atoms with van der Waals surface area (Å²) in [5.74, 6) is 0.627. The molecule has 2 aromatic rings. The summed E-state index contributed by atoms with van der Waals surface area (Å²) in [7, 11) is 0. The van der Waals surface area contributed by atoms with Gasteiger partial charge in [-0.1, -0.05) is 11.6 Å². The molecule has 0 spiro atoms. The molecule has 0 aliphatic heterocycles. The van der Waals surface area contributed by atoms with Gasteiger partial charge in [-0.25, -0.2) is 4.98 Å². The van der Waals surface area contributed by atoms with Gasteiger partial charge in [0.15, 0.2) is 0 Å². The molecule has 0 saturated heterocycles. The third-order valence-corrected chi connectivity index (χ3v) is 3.52. The van der Waals surface area contributed by atoms with E-state index < -0.39 is 0 Å². The number of hydrogen-bond acceptors (Lipinski definition) is 3. The molecule has 0 aliphatic rings. The van der Waals surface area contributed by atoms with E-state index in [9.17, 15) is 4.79 Å². The van der Waals surface area contributed by atoms with Crippen molar-refractivity contribution >= 4 is 33.2 Å². The van der Waals surface area contributed by atoms with Gasteiger partial charge in [0.1, 0.15) is 10.3 Å². The van der Waals surface area contributed by atoms with Crippen molar-refractivity contribution < 1.29 is 0 Å². The summed E-state index contributed by atoms with van der Waals surface area (Å²) in [6.45, 7) is 2.12. The molecule has 1 heterocycles. The van der Waals surface area contributed by atoms with E-state index in [0.717, 1.165) is 5.56 Å². The lowest BCUT2D eigenvalue weighted by Gasteiger charge is -2.11. The van der Waals surface area contributed by atoms with Crippen molar-refractivity contribution in [1.82, 2.24) is 9.55 Å². The Morgan fingerprint density at radius 1 is 1.50 bits per heavy atom. The molecule has 0 atom stereocenters. The van der Waals surface area contributed by atoms with Gasteiger partial charge in [0.2, 0.25) is 0 Å². The fourth-order valence-electron chi connectivity index (χ4n) is 1.62. The van der Waals surface area contributed by atoms with Gasteiger partial charge in [-0.15, -0.1) is 0 Å². The van der Waals surface area contributed by atoms with Crippen LogP contribution in [-0.2, 0) is 6.54 Å². The molecule has 18 heavy (non-hydrogen) atoms. The quantitative estimate of drug-likeness (QED) is 0.862. The standard InChI is InChI=1S/C12H11BrClN3O/c1-7-16-5-10(13)12(18)17(7)6-8-4-9(15)2-3-11(8)14/h2-5H,6,15H2,1H3. The smallest absolute Gasteiger partial charge is 0.268 e. The van der Waals surface area contributed by atoms with E-state index in [0.29, 0.717) is 27.6 Å². The van der Waals surface area contributed by atoms with Gasteiger partial charge in [-0.3, -0.25) is 9.36 Å². The number of anilines is 1. The Bertz CT molecular complexity index is 654. The van der Waals surface area contributed by atoms with Crippen molar-refractivity contribution in [3.8, 4) is 0 Å². The highest BCUT2D eigenvalue weighted by Gasteiger charge is 2.08. The highest BCUT2D eigenvalue weighted by Crippen LogP contribution is 2.20. The number of aromatic nitrogens is 2. The van der Waals surface area contributed by atoms with Gasteiger partial charge in [0.25, 0.3) is 5.56 Å². The van der Waals surface area contributed by atoms with Crippen LogP contribution < -0.4 is 11.3 Å². The van der Waals surface area contributed by atoms with Crippen molar-refractivity contribution in [3.63, 3.8) is 0 Å². The van der Waals surface area contributed by atoms with Crippen molar-refractivity contribution in [1.29, 1.82) is 0 Å². The predicted molar refractivity (Wildman–Crippen MR) is 75.9 cm³/mol. The maximum Gasteiger partial charge on any atom is 0.268 e. The molecular weight excluding hydrogens is 318 g/mol. The average molecular weight is 329 g/mol. The normalized spacial score (nSPS) is 10.6. The van der Waals surface area contributed by atoms with Crippen LogP contribution in [-0.4, -0.2) is 9.55 Å². The zero-order valence-corrected chi connectivity index (χ0v) is 12.0. The molecule has 2 N–H and O–H groups in total. The highest BCUT2D eigenvalue weighted by atomic mass is 79.9.